The molecule has 1 spiro atoms. The van der Waals surface area contributed by atoms with Crippen molar-refractivity contribution in [3.05, 3.63) is 24.3 Å². The maximum atomic E-state index is 12.7. The Labute approximate surface area is 142 Å². The molecule has 2 fully saturated rings. The zero-order valence-corrected chi connectivity index (χ0v) is 15.1. The second-order valence-electron chi connectivity index (χ2n) is 5.89. The van der Waals surface area contributed by atoms with Crippen molar-refractivity contribution in [3.8, 4) is 0 Å². The predicted octanol–water partition coefficient (Wildman–Crippen LogP) is 1.01. The normalized spacial score (nSPS) is 22.0. The summed E-state index contributed by atoms with van der Waals surface area (Å²) in [4.78, 5) is 0.232. The van der Waals surface area contributed by atoms with Crippen molar-refractivity contribution in [1.82, 2.24) is 4.31 Å². The summed E-state index contributed by atoms with van der Waals surface area (Å²) in [5.74, 6) is -0.654. The van der Waals surface area contributed by atoms with E-state index in [0.29, 0.717) is 39.1 Å². The van der Waals surface area contributed by atoms with Crippen LogP contribution in [0, 0.1) is 0 Å². The van der Waals surface area contributed by atoms with Gasteiger partial charge in [-0.3, -0.25) is 0 Å². The van der Waals surface area contributed by atoms with Crippen LogP contribution in [-0.2, 0) is 29.3 Å². The zero-order valence-electron chi connectivity index (χ0n) is 13.5. The van der Waals surface area contributed by atoms with Crippen molar-refractivity contribution >= 4 is 19.9 Å². The molecule has 1 aromatic carbocycles. The Morgan fingerprint density at radius 2 is 1.46 bits per heavy atom. The van der Waals surface area contributed by atoms with Crippen LogP contribution in [0.25, 0.3) is 0 Å². The molecule has 24 heavy (non-hydrogen) atoms. The van der Waals surface area contributed by atoms with Crippen LogP contribution in [0.1, 0.15) is 19.8 Å². The fourth-order valence-corrected chi connectivity index (χ4v) is 5.31. The van der Waals surface area contributed by atoms with E-state index >= 15 is 0 Å². The highest BCUT2D eigenvalue weighted by Crippen LogP contribution is 2.33. The second-order valence-corrected chi connectivity index (χ2v) is 10.1. The molecule has 0 amide bonds. The van der Waals surface area contributed by atoms with Gasteiger partial charge in [-0.25, -0.2) is 16.8 Å². The number of hydrogen-bond donors (Lipinski definition) is 0. The van der Waals surface area contributed by atoms with Crippen molar-refractivity contribution in [2.24, 2.45) is 0 Å². The molecule has 0 aliphatic carbocycles. The van der Waals surface area contributed by atoms with Gasteiger partial charge in [0.15, 0.2) is 15.6 Å². The average molecular weight is 375 g/mol. The Balaban J connectivity index is 1.76. The van der Waals surface area contributed by atoms with Crippen molar-refractivity contribution in [2.45, 2.75) is 35.3 Å². The Kier molecular flexibility index (Phi) is 4.73. The minimum Gasteiger partial charge on any atom is -0.347 e. The summed E-state index contributed by atoms with van der Waals surface area (Å²) < 4.78 is 61.7. The molecule has 0 bridgehead atoms. The highest BCUT2D eigenvalue weighted by molar-refractivity contribution is 7.91. The number of ether oxygens (including phenoxy) is 2. The van der Waals surface area contributed by atoms with E-state index in [2.05, 4.69) is 0 Å². The molecule has 0 N–H and O–H groups in total. The van der Waals surface area contributed by atoms with E-state index in [0.717, 1.165) is 0 Å². The third-order valence-electron chi connectivity index (χ3n) is 4.50. The Hall–Kier alpha value is -1.00. The zero-order chi connectivity index (χ0) is 17.4. The molecule has 1 aromatic rings. The second kappa shape index (κ2) is 6.38. The van der Waals surface area contributed by atoms with E-state index in [1.807, 2.05) is 0 Å². The molecule has 0 aromatic heterocycles. The molecular weight excluding hydrogens is 354 g/mol. The van der Waals surface area contributed by atoms with Gasteiger partial charge in [0.2, 0.25) is 10.0 Å². The van der Waals surface area contributed by atoms with Crippen LogP contribution in [0.15, 0.2) is 34.1 Å². The lowest BCUT2D eigenvalue weighted by molar-refractivity contribution is -0.179. The number of sulfonamides is 1. The fraction of sp³-hybridized carbons (Fsp3) is 0.600. The highest BCUT2D eigenvalue weighted by atomic mass is 32.2. The molecule has 0 atom stereocenters. The van der Waals surface area contributed by atoms with Crippen molar-refractivity contribution in [1.29, 1.82) is 0 Å². The number of nitrogens with zero attached hydrogens (tertiary/aromatic N) is 1. The first-order chi connectivity index (χ1) is 11.3. The van der Waals surface area contributed by atoms with Gasteiger partial charge in [0.05, 0.1) is 28.8 Å². The summed E-state index contributed by atoms with van der Waals surface area (Å²) in [5, 5.41) is 0. The molecule has 2 saturated heterocycles. The molecule has 134 valence electrons. The summed E-state index contributed by atoms with van der Waals surface area (Å²) in [6, 6.07) is 5.40. The molecular formula is C15H21NO6S2. The summed E-state index contributed by atoms with van der Waals surface area (Å²) in [6.45, 7) is 3.27. The van der Waals surface area contributed by atoms with Crippen LogP contribution in [0.4, 0.5) is 0 Å². The number of hydrogen-bond acceptors (Lipinski definition) is 6. The number of sulfone groups is 1. The van der Waals surface area contributed by atoms with Crippen molar-refractivity contribution in [3.63, 3.8) is 0 Å². The summed E-state index contributed by atoms with van der Waals surface area (Å²) in [5.41, 5.74) is 0. The monoisotopic (exact) mass is 375 g/mol. The van der Waals surface area contributed by atoms with E-state index in [1.54, 1.807) is 6.92 Å². The summed E-state index contributed by atoms with van der Waals surface area (Å²) in [7, 11) is -6.99. The third kappa shape index (κ3) is 3.23. The van der Waals surface area contributed by atoms with Gasteiger partial charge in [-0.2, -0.15) is 4.31 Å². The van der Waals surface area contributed by atoms with E-state index < -0.39 is 25.6 Å². The van der Waals surface area contributed by atoms with Gasteiger partial charge >= 0.3 is 0 Å². The molecule has 0 radical (unpaired) electrons. The Morgan fingerprint density at radius 1 is 0.958 bits per heavy atom. The summed E-state index contributed by atoms with van der Waals surface area (Å²) >= 11 is 0. The predicted molar refractivity (Wildman–Crippen MR) is 86.8 cm³/mol. The van der Waals surface area contributed by atoms with E-state index in [9.17, 15) is 16.8 Å². The first-order valence-corrected chi connectivity index (χ1v) is 11.0. The number of piperidine rings is 1. The lowest BCUT2D eigenvalue weighted by Crippen LogP contribution is -2.47. The molecule has 0 saturated carbocycles. The maximum Gasteiger partial charge on any atom is 0.243 e. The van der Waals surface area contributed by atoms with Crippen LogP contribution < -0.4 is 0 Å². The lowest BCUT2D eigenvalue weighted by Gasteiger charge is -2.36. The smallest absolute Gasteiger partial charge is 0.243 e. The molecule has 7 nitrogen and oxygen atoms in total. The number of benzene rings is 1. The molecule has 2 aliphatic heterocycles. The average Bonchev–Trinajstić information content (AvgIpc) is 3.03. The number of rotatable bonds is 4. The van der Waals surface area contributed by atoms with Crippen LogP contribution >= 0.6 is 0 Å². The van der Waals surface area contributed by atoms with E-state index in [1.165, 1.54) is 28.6 Å². The van der Waals surface area contributed by atoms with E-state index in [4.69, 9.17) is 9.47 Å². The van der Waals surface area contributed by atoms with Crippen molar-refractivity contribution < 1.29 is 26.3 Å². The van der Waals surface area contributed by atoms with Gasteiger partial charge in [0.1, 0.15) is 0 Å². The van der Waals surface area contributed by atoms with Crippen LogP contribution in [0.3, 0.4) is 0 Å². The minimum absolute atomic E-state index is 0.0205. The van der Waals surface area contributed by atoms with Gasteiger partial charge in [-0.15, -0.1) is 0 Å². The summed E-state index contributed by atoms with van der Waals surface area (Å²) in [6.07, 6.45) is 0.989. The van der Waals surface area contributed by atoms with Crippen molar-refractivity contribution in [2.75, 3.05) is 32.1 Å². The fourth-order valence-electron chi connectivity index (χ4n) is 2.99. The SMILES string of the molecule is CCS(=O)(=O)c1ccc(S(=O)(=O)N2CCC3(CC2)OCCO3)cc1. The van der Waals surface area contributed by atoms with Crippen LogP contribution in [0.2, 0.25) is 0 Å². The molecule has 9 heteroatoms. The Bertz CT molecular complexity index is 785. The third-order valence-corrected chi connectivity index (χ3v) is 8.16. The largest absolute Gasteiger partial charge is 0.347 e. The first kappa shape index (κ1) is 17.8. The maximum absolute atomic E-state index is 12.7. The van der Waals surface area contributed by atoms with E-state index in [-0.39, 0.29) is 15.5 Å². The molecule has 2 heterocycles. The molecule has 2 aliphatic rings. The molecule has 0 unspecified atom stereocenters. The van der Waals surface area contributed by atoms with Gasteiger partial charge < -0.3 is 9.47 Å². The van der Waals surface area contributed by atoms with Gasteiger partial charge in [-0.05, 0) is 24.3 Å². The van der Waals surface area contributed by atoms with Crippen LogP contribution in [0.5, 0.6) is 0 Å². The van der Waals surface area contributed by atoms with Gasteiger partial charge in [-0.1, -0.05) is 6.92 Å². The Morgan fingerprint density at radius 3 is 1.96 bits per heavy atom. The standard InChI is InChI=1S/C15H21NO6S2/c1-2-23(17,18)13-3-5-14(6-4-13)24(19,20)16-9-7-15(8-10-16)21-11-12-22-15/h3-6H,2,7-12H2,1H3. The highest BCUT2D eigenvalue weighted by Gasteiger charge is 2.42. The van der Waals surface area contributed by atoms with Gasteiger partial charge in [0, 0.05) is 25.9 Å². The topological polar surface area (TPSA) is 90.0 Å². The minimum atomic E-state index is -3.65. The van der Waals surface area contributed by atoms with Crippen LogP contribution in [-0.4, -0.2) is 59.0 Å². The van der Waals surface area contributed by atoms with Gasteiger partial charge in [0.25, 0.3) is 0 Å². The quantitative estimate of drug-likeness (QED) is 0.780. The lowest BCUT2D eigenvalue weighted by atomic mass is 10.1. The first-order valence-electron chi connectivity index (χ1n) is 7.90. The molecule has 3 rings (SSSR count).